The van der Waals surface area contributed by atoms with E-state index in [1.54, 1.807) is 0 Å². The number of phenolic OH excluding ortho intramolecular Hbond substituents is 1. The highest BCUT2D eigenvalue weighted by atomic mass is 79.9. The van der Waals surface area contributed by atoms with Gasteiger partial charge in [0.2, 0.25) is 0 Å². The quantitative estimate of drug-likeness (QED) is 0.708. The summed E-state index contributed by atoms with van der Waals surface area (Å²) in [6.45, 7) is 2.63. The molecule has 0 aliphatic heterocycles. The van der Waals surface area contributed by atoms with Gasteiger partial charge in [0.05, 0.1) is 19.7 Å². The Balaban J connectivity index is 2.14. The summed E-state index contributed by atoms with van der Waals surface area (Å²) >= 11 is 12.8. The number of hydrogen-bond acceptors (Lipinski definition) is 2. The molecular formula is C14H12Br2ClNO. The number of aryl methyl sites for hydroxylation is 1. The lowest BCUT2D eigenvalue weighted by Crippen LogP contribution is -2.00. The summed E-state index contributed by atoms with van der Waals surface area (Å²) in [5.74, 6) is 0.206. The van der Waals surface area contributed by atoms with Crippen LogP contribution in [0.3, 0.4) is 0 Å². The summed E-state index contributed by atoms with van der Waals surface area (Å²) in [6, 6.07) is 9.63. The Morgan fingerprint density at radius 2 is 1.79 bits per heavy atom. The fourth-order valence-electron chi connectivity index (χ4n) is 1.68. The van der Waals surface area contributed by atoms with Gasteiger partial charge in [-0.25, -0.2) is 0 Å². The topological polar surface area (TPSA) is 32.3 Å². The SMILES string of the molecule is Cc1ccc(NCc2cc(Br)c(O)c(Br)c2)c(Cl)c1. The van der Waals surface area contributed by atoms with Crippen molar-refractivity contribution in [1.82, 2.24) is 0 Å². The van der Waals surface area contributed by atoms with E-state index in [9.17, 15) is 5.11 Å². The zero-order chi connectivity index (χ0) is 14.0. The predicted molar refractivity (Wildman–Crippen MR) is 87.0 cm³/mol. The van der Waals surface area contributed by atoms with E-state index < -0.39 is 0 Å². The molecule has 0 saturated heterocycles. The minimum atomic E-state index is 0.206. The average molecular weight is 406 g/mol. The van der Waals surface area contributed by atoms with Gasteiger partial charge in [0.15, 0.2) is 0 Å². The van der Waals surface area contributed by atoms with Crippen LogP contribution in [-0.4, -0.2) is 5.11 Å². The summed E-state index contributed by atoms with van der Waals surface area (Å²) in [5, 5.41) is 13.6. The Bertz CT molecular complexity index is 593. The Hall–Kier alpha value is -0.710. The van der Waals surface area contributed by atoms with Crippen LogP contribution in [0.4, 0.5) is 5.69 Å². The minimum Gasteiger partial charge on any atom is -0.506 e. The number of hydrogen-bond donors (Lipinski definition) is 2. The van der Waals surface area contributed by atoms with Gasteiger partial charge in [-0.1, -0.05) is 17.7 Å². The lowest BCUT2D eigenvalue weighted by atomic mass is 10.2. The molecule has 0 bridgehead atoms. The van der Waals surface area contributed by atoms with E-state index in [0.717, 1.165) is 16.8 Å². The van der Waals surface area contributed by atoms with Crippen LogP contribution in [-0.2, 0) is 6.54 Å². The fraction of sp³-hybridized carbons (Fsp3) is 0.143. The lowest BCUT2D eigenvalue weighted by Gasteiger charge is -2.10. The number of phenols is 1. The van der Waals surface area contributed by atoms with Crippen molar-refractivity contribution in [2.45, 2.75) is 13.5 Å². The van der Waals surface area contributed by atoms with Crippen molar-refractivity contribution >= 4 is 49.1 Å². The number of aromatic hydroxyl groups is 1. The maximum atomic E-state index is 9.66. The highest BCUT2D eigenvalue weighted by Gasteiger charge is 2.06. The van der Waals surface area contributed by atoms with Gasteiger partial charge in [0, 0.05) is 6.54 Å². The van der Waals surface area contributed by atoms with Crippen LogP contribution in [0.25, 0.3) is 0 Å². The molecule has 0 radical (unpaired) electrons. The average Bonchev–Trinajstić information content (AvgIpc) is 2.34. The van der Waals surface area contributed by atoms with Crippen LogP contribution in [0.15, 0.2) is 39.3 Å². The lowest BCUT2D eigenvalue weighted by molar-refractivity contribution is 0.468. The summed E-state index contributed by atoms with van der Waals surface area (Å²) in [6.07, 6.45) is 0. The molecule has 2 rings (SSSR count). The zero-order valence-electron chi connectivity index (χ0n) is 10.2. The normalized spacial score (nSPS) is 10.5. The Morgan fingerprint density at radius 1 is 1.16 bits per heavy atom. The molecule has 0 spiro atoms. The summed E-state index contributed by atoms with van der Waals surface area (Å²) in [7, 11) is 0. The van der Waals surface area contributed by atoms with Crippen LogP contribution in [0, 0.1) is 6.92 Å². The van der Waals surface area contributed by atoms with E-state index >= 15 is 0 Å². The molecule has 0 aromatic heterocycles. The van der Waals surface area contributed by atoms with Gasteiger partial charge in [-0.2, -0.15) is 0 Å². The number of benzene rings is 2. The van der Waals surface area contributed by atoms with Crippen molar-refractivity contribution in [3.63, 3.8) is 0 Å². The molecule has 2 aromatic carbocycles. The second kappa shape index (κ2) is 6.16. The third-order valence-electron chi connectivity index (χ3n) is 2.68. The van der Waals surface area contributed by atoms with Gasteiger partial charge < -0.3 is 10.4 Å². The van der Waals surface area contributed by atoms with Crippen molar-refractivity contribution in [2.24, 2.45) is 0 Å². The van der Waals surface area contributed by atoms with Crippen LogP contribution < -0.4 is 5.32 Å². The third-order valence-corrected chi connectivity index (χ3v) is 4.21. The molecule has 19 heavy (non-hydrogen) atoms. The minimum absolute atomic E-state index is 0.206. The molecule has 2 nitrogen and oxygen atoms in total. The van der Waals surface area contributed by atoms with E-state index in [0.29, 0.717) is 20.5 Å². The molecule has 0 heterocycles. The second-order valence-corrected chi connectivity index (χ2v) is 6.36. The predicted octanol–water partition coefficient (Wildman–Crippen LogP) is 5.49. The fourth-order valence-corrected chi connectivity index (χ4v) is 3.26. The van der Waals surface area contributed by atoms with Crippen molar-refractivity contribution in [3.05, 3.63) is 55.4 Å². The molecular weight excluding hydrogens is 393 g/mol. The first-order chi connectivity index (χ1) is 8.97. The van der Waals surface area contributed by atoms with E-state index in [1.807, 2.05) is 37.3 Å². The largest absolute Gasteiger partial charge is 0.506 e. The second-order valence-electron chi connectivity index (χ2n) is 4.24. The molecule has 0 aliphatic carbocycles. The van der Waals surface area contributed by atoms with E-state index in [4.69, 9.17) is 11.6 Å². The Kier molecular flexibility index (Phi) is 4.76. The van der Waals surface area contributed by atoms with Gasteiger partial charge in [-0.15, -0.1) is 0 Å². The highest BCUT2D eigenvalue weighted by molar-refractivity contribution is 9.11. The molecule has 2 aromatic rings. The van der Waals surface area contributed by atoms with Crippen LogP contribution in [0.1, 0.15) is 11.1 Å². The molecule has 0 amide bonds. The molecule has 100 valence electrons. The number of nitrogens with one attached hydrogen (secondary N) is 1. The van der Waals surface area contributed by atoms with E-state index in [1.165, 1.54) is 0 Å². The highest BCUT2D eigenvalue weighted by Crippen LogP contribution is 2.33. The smallest absolute Gasteiger partial charge is 0.143 e. The van der Waals surface area contributed by atoms with Gasteiger partial charge in [0.25, 0.3) is 0 Å². The first-order valence-corrected chi connectivity index (χ1v) is 7.60. The zero-order valence-corrected chi connectivity index (χ0v) is 14.1. The van der Waals surface area contributed by atoms with Crippen LogP contribution in [0.5, 0.6) is 5.75 Å². The Labute approximate surface area is 134 Å². The van der Waals surface area contributed by atoms with Gasteiger partial charge >= 0.3 is 0 Å². The molecule has 0 fully saturated rings. The van der Waals surface area contributed by atoms with Gasteiger partial charge in [-0.05, 0) is 74.2 Å². The third kappa shape index (κ3) is 3.65. The number of rotatable bonds is 3. The first-order valence-electron chi connectivity index (χ1n) is 5.64. The van der Waals surface area contributed by atoms with Crippen LogP contribution in [0.2, 0.25) is 5.02 Å². The standard InChI is InChI=1S/C14H12Br2ClNO/c1-8-2-3-13(12(17)4-8)18-7-9-5-10(15)14(19)11(16)6-9/h2-6,18-19H,7H2,1H3. The molecule has 0 saturated carbocycles. The van der Waals surface area contributed by atoms with E-state index in [2.05, 4.69) is 37.2 Å². The maximum Gasteiger partial charge on any atom is 0.143 e. The number of anilines is 1. The molecule has 5 heteroatoms. The van der Waals surface area contributed by atoms with Gasteiger partial charge in [-0.3, -0.25) is 0 Å². The number of halogens is 3. The van der Waals surface area contributed by atoms with Gasteiger partial charge in [0.1, 0.15) is 5.75 Å². The van der Waals surface area contributed by atoms with Crippen LogP contribution >= 0.6 is 43.5 Å². The van der Waals surface area contributed by atoms with Crippen molar-refractivity contribution in [1.29, 1.82) is 0 Å². The maximum absolute atomic E-state index is 9.66. The van der Waals surface area contributed by atoms with Crippen molar-refractivity contribution < 1.29 is 5.11 Å². The molecule has 0 unspecified atom stereocenters. The first kappa shape index (κ1) is 14.7. The van der Waals surface area contributed by atoms with Crippen molar-refractivity contribution in [2.75, 3.05) is 5.32 Å². The molecule has 2 N–H and O–H groups in total. The summed E-state index contributed by atoms with van der Waals surface area (Å²) in [4.78, 5) is 0. The summed E-state index contributed by atoms with van der Waals surface area (Å²) in [5.41, 5.74) is 3.06. The Morgan fingerprint density at radius 3 is 2.37 bits per heavy atom. The summed E-state index contributed by atoms with van der Waals surface area (Å²) < 4.78 is 1.32. The molecule has 0 aliphatic rings. The molecule has 0 atom stereocenters. The van der Waals surface area contributed by atoms with Crippen molar-refractivity contribution in [3.8, 4) is 5.75 Å². The monoisotopic (exact) mass is 403 g/mol. The van der Waals surface area contributed by atoms with E-state index in [-0.39, 0.29) is 5.75 Å².